The maximum Gasteiger partial charge on any atom is 0.251 e. The van der Waals surface area contributed by atoms with Gasteiger partial charge in [0.05, 0.1) is 18.5 Å². The van der Waals surface area contributed by atoms with Crippen LogP contribution in [-0.4, -0.2) is 34.7 Å². The van der Waals surface area contributed by atoms with E-state index in [1.54, 1.807) is 36.4 Å². The van der Waals surface area contributed by atoms with Gasteiger partial charge >= 0.3 is 0 Å². The third-order valence-electron chi connectivity index (χ3n) is 4.98. The quantitative estimate of drug-likeness (QED) is 0.469. The average Bonchev–Trinajstić information content (AvgIpc) is 2.75. The highest BCUT2D eigenvalue weighted by Gasteiger charge is 2.19. The van der Waals surface area contributed by atoms with Crippen molar-refractivity contribution in [2.45, 2.75) is 13.1 Å². The first kappa shape index (κ1) is 24.9. The van der Waals surface area contributed by atoms with Gasteiger partial charge in [-0.1, -0.05) is 47.5 Å². The molecule has 0 saturated heterocycles. The standard InChI is InChI=1S/C24H25Cl2N3O3S/c1-28(2)22-10-6-17(7-11-22)15-27-24(30)19-8-4-18(5-9-19)16-29(33(3,31)32)23-13-20(25)12-21(26)14-23/h4-14H,15-16H2,1-3H3,(H,27,30). The van der Waals surface area contributed by atoms with E-state index >= 15 is 0 Å². The SMILES string of the molecule is CN(C)c1ccc(CNC(=O)c2ccc(CN(c3cc(Cl)cc(Cl)c3)S(C)(=O)=O)cc2)cc1. The molecule has 3 aromatic carbocycles. The Kier molecular flexibility index (Phi) is 7.89. The van der Waals surface area contributed by atoms with Gasteiger partial charge in [-0.25, -0.2) is 8.42 Å². The maximum atomic E-state index is 12.5. The van der Waals surface area contributed by atoms with Crippen LogP contribution in [0, 0.1) is 0 Å². The summed E-state index contributed by atoms with van der Waals surface area (Å²) in [7, 11) is 0.354. The number of amides is 1. The lowest BCUT2D eigenvalue weighted by Crippen LogP contribution is -2.29. The highest BCUT2D eigenvalue weighted by Crippen LogP contribution is 2.28. The molecule has 0 saturated carbocycles. The molecule has 0 aliphatic carbocycles. The molecule has 1 amide bonds. The fraction of sp³-hybridized carbons (Fsp3) is 0.208. The number of carbonyl (C=O) groups is 1. The molecule has 3 rings (SSSR count). The second-order valence-corrected chi connectivity index (χ2v) is 10.6. The van der Waals surface area contributed by atoms with Gasteiger partial charge < -0.3 is 10.2 Å². The Morgan fingerprint density at radius 1 is 0.848 bits per heavy atom. The zero-order valence-corrected chi connectivity index (χ0v) is 20.9. The Morgan fingerprint density at radius 2 is 1.39 bits per heavy atom. The van der Waals surface area contributed by atoms with Gasteiger partial charge in [0.2, 0.25) is 10.0 Å². The van der Waals surface area contributed by atoms with Crippen LogP contribution >= 0.6 is 23.2 Å². The average molecular weight is 506 g/mol. The van der Waals surface area contributed by atoms with E-state index in [9.17, 15) is 13.2 Å². The predicted molar refractivity (Wildman–Crippen MR) is 136 cm³/mol. The van der Waals surface area contributed by atoms with Crippen molar-refractivity contribution in [2.24, 2.45) is 0 Å². The summed E-state index contributed by atoms with van der Waals surface area (Å²) in [6.07, 6.45) is 1.12. The molecule has 0 atom stereocenters. The van der Waals surface area contributed by atoms with E-state index in [4.69, 9.17) is 23.2 Å². The molecule has 0 radical (unpaired) electrons. The minimum Gasteiger partial charge on any atom is -0.378 e. The summed E-state index contributed by atoms with van der Waals surface area (Å²) in [5, 5.41) is 3.58. The first-order chi connectivity index (χ1) is 15.5. The van der Waals surface area contributed by atoms with E-state index in [2.05, 4.69) is 5.32 Å². The van der Waals surface area contributed by atoms with Crippen molar-refractivity contribution in [3.8, 4) is 0 Å². The monoisotopic (exact) mass is 505 g/mol. The molecule has 0 heterocycles. The Bertz CT molecular complexity index is 1210. The number of carbonyl (C=O) groups excluding carboxylic acids is 1. The second-order valence-electron chi connectivity index (χ2n) is 7.84. The summed E-state index contributed by atoms with van der Waals surface area (Å²) in [6.45, 7) is 0.487. The van der Waals surface area contributed by atoms with E-state index in [-0.39, 0.29) is 12.5 Å². The molecule has 0 fully saturated rings. The predicted octanol–water partition coefficient (Wildman–Crippen LogP) is 4.96. The van der Waals surface area contributed by atoms with Crippen molar-refractivity contribution in [3.63, 3.8) is 0 Å². The Balaban J connectivity index is 1.68. The molecular weight excluding hydrogens is 481 g/mol. The lowest BCUT2D eigenvalue weighted by molar-refractivity contribution is 0.0951. The largest absolute Gasteiger partial charge is 0.378 e. The fourth-order valence-corrected chi connectivity index (χ4v) is 4.59. The van der Waals surface area contributed by atoms with Crippen LogP contribution in [0.3, 0.4) is 0 Å². The Hall–Kier alpha value is -2.74. The van der Waals surface area contributed by atoms with Crippen LogP contribution in [-0.2, 0) is 23.1 Å². The lowest BCUT2D eigenvalue weighted by atomic mass is 10.1. The van der Waals surface area contributed by atoms with Crippen LogP contribution in [0.5, 0.6) is 0 Å². The lowest BCUT2D eigenvalue weighted by Gasteiger charge is -2.23. The highest BCUT2D eigenvalue weighted by molar-refractivity contribution is 7.92. The number of anilines is 2. The number of benzene rings is 3. The molecule has 0 aromatic heterocycles. The zero-order valence-electron chi connectivity index (χ0n) is 18.5. The summed E-state index contributed by atoms with van der Waals surface area (Å²) >= 11 is 12.1. The summed E-state index contributed by atoms with van der Waals surface area (Å²) < 4.78 is 26.0. The number of hydrogen-bond acceptors (Lipinski definition) is 4. The summed E-state index contributed by atoms with van der Waals surface area (Å²) in [6, 6.07) is 19.4. The molecule has 0 aliphatic heterocycles. The van der Waals surface area contributed by atoms with Gasteiger partial charge in [-0.2, -0.15) is 0 Å². The topological polar surface area (TPSA) is 69.7 Å². The van der Waals surface area contributed by atoms with E-state index in [0.29, 0.717) is 33.4 Å². The van der Waals surface area contributed by atoms with Gasteiger partial charge in [0.1, 0.15) is 0 Å². The van der Waals surface area contributed by atoms with Crippen molar-refractivity contribution >= 4 is 50.5 Å². The van der Waals surface area contributed by atoms with Crippen molar-refractivity contribution in [1.82, 2.24) is 5.32 Å². The number of halogens is 2. The molecule has 0 unspecified atom stereocenters. The zero-order chi connectivity index (χ0) is 24.2. The van der Waals surface area contributed by atoms with E-state index in [1.165, 1.54) is 10.4 Å². The molecule has 33 heavy (non-hydrogen) atoms. The molecular formula is C24H25Cl2N3O3S. The van der Waals surface area contributed by atoms with Crippen molar-refractivity contribution in [1.29, 1.82) is 0 Å². The van der Waals surface area contributed by atoms with Crippen molar-refractivity contribution < 1.29 is 13.2 Å². The number of hydrogen-bond donors (Lipinski definition) is 1. The third-order valence-corrected chi connectivity index (χ3v) is 6.56. The van der Waals surface area contributed by atoms with Gasteiger partial charge in [-0.3, -0.25) is 9.10 Å². The molecule has 0 bridgehead atoms. The summed E-state index contributed by atoms with van der Waals surface area (Å²) in [5.74, 6) is -0.208. The Labute approximate surface area is 204 Å². The number of nitrogens with zero attached hydrogens (tertiary/aromatic N) is 2. The second kappa shape index (κ2) is 10.5. The van der Waals surface area contributed by atoms with Gasteiger partial charge in [0, 0.05) is 41.9 Å². The van der Waals surface area contributed by atoms with Gasteiger partial charge in [0.25, 0.3) is 5.91 Å². The molecule has 174 valence electrons. The first-order valence-electron chi connectivity index (χ1n) is 10.1. The number of sulfonamides is 1. The van der Waals surface area contributed by atoms with Gasteiger partial charge in [-0.05, 0) is 53.6 Å². The normalized spacial score (nSPS) is 11.2. The molecule has 0 aliphatic rings. The first-order valence-corrected chi connectivity index (χ1v) is 12.7. The molecule has 0 spiro atoms. The van der Waals surface area contributed by atoms with Crippen LogP contribution in [0.25, 0.3) is 0 Å². The van der Waals surface area contributed by atoms with Crippen LogP contribution in [0.2, 0.25) is 10.0 Å². The van der Waals surface area contributed by atoms with Crippen molar-refractivity contribution in [3.05, 3.63) is 93.5 Å². The van der Waals surface area contributed by atoms with Crippen LogP contribution in [0.1, 0.15) is 21.5 Å². The van der Waals surface area contributed by atoms with Crippen LogP contribution in [0.4, 0.5) is 11.4 Å². The maximum absolute atomic E-state index is 12.5. The molecule has 9 heteroatoms. The minimum absolute atomic E-state index is 0.0790. The number of rotatable bonds is 8. The van der Waals surface area contributed by atoms with Crippen molar-refractivity contribution in [2.75, 3.05) is 29.6 Å². The van der Waals surface area contributed by atoms with Crippen LogP contribution in [0.15, 0.2) is 66.7 Å². The molecule has 1 N–H and O–H groups in total. The van der Waals surface area contributed by atoms with E-state index in [1.807, 2.05) is 43.3 Å². The Morgan fingerprint density at radius 3 is 1.91 bits per heavy atom. The highest BCUT2D eigenvalue weighted by atomic mass is 35.5. The summed E-state index contributed by atoms with van der Waals surface area (Å²) in [4.78, 5) is 14.5. The third kappa shape index (κ3) is 6.87. The number of nitrogens with one attached hydrogen (secondary N) is 1. The molecule has 3 aromatic rings. The smallest absolute Gasteiger partial charge is 0.251 e. The summed E-state index contributed by atoms with van der Waals surface area (Å²) in [5.41, 5.74) is 3.66. The van der Waals surface area contributed by atoms with Gasteiger partial charge in [-0.15, -0.1) is 0 Å². The minimum atomic E-state index is -3.59. The fourth-order valence-electron chi connectivity index (χ4n) is 3.21. The van der Waals surface area contributed by atoms with E-state index < -0.39 is 10.0 Å². The van der Waals surface area contributed by atoms with Crippen LogP contribution < -0.4 is 14.5 Å². The van der Waals surface area contributed by atoms with Gasteiger partial charge in [0.15, 0.2) is 0 Å². The molecule has 6 nitrogen and oxygen atoms in total. The van der Waals surface area contributed by atoms with E-state index in [0.717, 1.165) is 17.5 Å².